The molecule has 0 spiro atoms. The topological polar surface area (TPSA) is 80.2 Å². The molecular weight excluding hydrogens is 172 g/mol. The van der Waals surface area contributed by atoms with Crippen molar-refractivity contribution >= 4 is 5.95 Å². The summed E-state index contributed by atoms with van der Waals surface area (Å²) in [5, 5.41) is 11.9. The molecule has 1 rings (SSSR count). The van der Waals surface area contributed by atoms with E-state index < -0.39 is 6.23 Å². The van der Waals surface area contributed by atoms with Gasteiger partial charge in [-0.15, -0.1) is 0 Å². The number of nitrogens with one attached hydrogen (secondary N) is 1. The average Bonchev–Trinajstić information content (AvgIpc) is 2.16. The fourth-order valence-electron chi connectivity index (χ4n) is 0.734. The molecule has 0 aliphatic heterocycles. The normalized spacial score (nSPS) is 12.5. The molecule has 1 atom stereocenters. The van der Waals surface area contributed by atoms with Crippen molar-refractivity contribution in [3.8, 4) is 0 Å². The Morgan fingerprint density at radius 3 is 2.85 bits per heavy atom. The number of hydrogen-bond donors (Lipinski definition) is 2. The molecule has 0 saturated carbocycles. The molecule has 72 valence electrons. The second-order valence-electron chi connectivity index (χ2n) is 2.28. The summed E-state index contributed by atoms with van der Waals surface area (Å²) in [4.78, 5) is 11.2. The minimum Gasteiger partial charge on any atom is -0.377 e. The zero-order chi connectivity index (χ0) is 9.52. The number of aliphatic hydroxyl groups excluding tert-OH is 1. The van der Waals surface area contributed by atoms with Crippen molar-refractivity contribution in [2.75, 3.05) is 18.5 Å². The van der Waals surface area contributed by atoms with Crippen LogP contribution < -0.4 is 5.32 Å². The predicted molar refractivity (Wildman–Crippen MR) is 45.9 cm³/mol. The van der Waals surface area contributed by atoms with Crippen molar-refractivity contribution in [1.29, 1.82) is 0 Å². The van der Waals surface area contributed by atoms with Crippen molar-refractivity contribution in [1.82, 2.24) is 15.0 Å². The van der Waals surface area contributed by atoms with Crippen LogP contribution in [0.15, 0.2) is 12.7 Å². The maximum absolute atomic E-state index is 9.30. The molecule has 6 heteroatoms. The van der Waals surface area contributed by atoms with Crippen LogP contribution in [0.3, 0.4) is 0 Å². The summed E-state index contributed by atoms with van der Waals surface area (Å²) >= 11 is 0. The highest BCUT2D eigenvalue weighted by Crippen LogP contribution is 1.95. The number of hydrogen-bond acceptors (Lipinski definition) is 6. The Hall–Kier alpha value is -1.27. The Morgan fingerprint density at radius 1 is 1.54 bits per heavy atom. The summed E-state index contributed by atoms with van der Waals surface area (Å²) in [6, 6.07) is 0. The van der Waals surface area contributed by atoms with Gasteiger partial charge in [-0.2, -0.15) is 0 Å². The molecule has 0 aliphatic carbocycles. The van der Waals surface area contributed by atoms with Gasteiger partial charge < -0.3 is 15.2 Å². The highest BCUT2D eigenvalue weighted by Gasteiger charge is 2.03. The monoisotopic (exact) mass is 184 g/mol. The number of aliphatic hydroxyl groups is 1. The van der Waals surface area contributed by atoms with Crippen molar-refractivity contribution in [2.45, 2.75) is 13.2 Å². The van der Waals surface area contributed by atoms with Crippen LogP contribution in [-0.4, -0.2) is 39.5 Å². The first-order chi connectivity index (χ1) is 6.33. The number of aromatic nitrogens is 3. The summed E-state index contributed by atoms with van der Waals surface area (Å²) in [6.45, 7) is 2.63. The van der Waals surface area contributed by atoms with Crippen molar-refractivity contribution in [2.24, 2.45) is 0 Å². The molecule has 13 heavy (non-hydrogen) atoms. The Kier molecular flexibility index (Phi) is 4.07. The van der Waals surface area contributed by atoms with Crippen molar-refractivity contribution < 1.29 is 9.84 Å². The first-order valence-electron chi connectivity index (χ1n) is 3.97. The maximum Gasteiger partial charge on any atom is 0.227 e. The van der Waals surface area contributed by atoms with Gasteiger partial charge in [0.05, 0.1) is 6.61 Å². The molecule has 0 aromatic carbocycles. The molecule has 0 bridgehead atoms. The highest BCUT2D eigenvalue weighted by atomic mass is 16.5. The van der Waals surface area contributed by atoms with E-state index in [0.717, 1.165) is 0 Å². The average molecular weight is 184 g/mol. The largest absolute Gasteiger partial charge is 0.377 e. The van der Waals surface area contributed by atoms with Gasteiger partial charge in [-0.05, 0) is 6.92 Å². The van der Waals surface area contributed by atoms with Crippen LogP contribution in [0.25, 0.3) is 0 Å². The van der Waals surface area contributed by atoms with E-state index in [1.807, 2.05) is 6.92 Å². The van der Waals surface area contributed by atoms with Gasteiger partial charge in [0.15, 0.2) is 0 Å². The molecule has 0 aliphatic rings. The summed E-state index contributed by atoms with van der Waals surface area (Å²) in [5.74, 6) is 0.335. The lowest BCUT2D eigenvalue weighted by atomic mass is 10.6. The lowest BCUT2D eigenvalue weighted by molar-refractivity contribution is 0.0569. The van der Waals surface area contributed by atoms with E-state index in [9.17, 15) is 5.11 Å². The molecule has 0 saturated heterocycles. The lowest BCUT2D eigenvalue weighted by Crippen LogP contribution is -2.25. The van der Waals surface area contributed by atoms with Crippen LogP contribution in [-0.2, 0) is 4.74 Å². The Labute approximate surface area is 76.0 Å². The van der Waals surface area contributed by atoms with Gasteiger partial charge in [-0.1, -0.05) is 0 Å². The van der Waals surface area contributed by atoms with Crippen molar-refractivity contribution in [3.05, 3.63) is 12.7 Å². The van der Waals surface area contributed by atoms with Gasteiger partial charge in [0.25, 0.3) is 0 Å². The summed E-state index contributed by atoms with van der Waals surface area (Å²) in [7, 11) is 0. The molecule has 1 heterocycles. The van der Waals surface area contributed by atoms with Crippen LogP contribution in [0.2, 0.25) is 0 Å². The fourth-order valence-corrected chi connectivity index (χ4v) is 0.734. The lowest BCUT2D eigenvalue weighted by Gasteiger charge is -2.11. The number of nitrogens with zero attached hydrogens (tertiary/aromatic N) is 3. The van der Waals surface area contributed by atoms with Gasteiger partial charge in [0, 0.05) is 6.61 Å². The number of anilines is 1. The first kappa shape index (κ1) is 9.82. The zero-order valence-electron chi connectivity index (χ0n) is 7.34. The molecular formula is C7H12N4O2. The third-order valence-corrected chi connectivity index (χ3v) is 1.27. The van der Waals surface area contributed by atoms with E-state index in [-0.39, 0.29) is 6.61 Å². The van der Waals surface area contributed by atoms with Crippen LogP contribution in [0.1, 0.15) is 6.92 Å². The molecule has 0 radical (unpaired) electrons. The summed E-state index contributed by atoms with van der Waals surface area (Å²) in [5.41, 5.74) is 0. The van der Waals surface area contributed by atoms with Crippen LogP contribution in [0, 0.1) is 0 Å². The molecule has 2 N–H and O–H groups in total. The zero-order valence-corrected chi connectivity index (χ0v) is 7.34. The smallest absolute Gasteiger partial charge is 0.227 e. The van der Waals surface area contributed by atoms with E-state index in [0.29, 0.717) is 12.6 Å². The number of rotatable bonds is 5. The van der Waals surface area contributed by atoms with Crippen LogP contribution in [0.5, 0.6) is 0 Å². The quantitative estimate of drug-likeness (QED) is 0.608. The summed E-state index contributed by atoms with van der Waals surface area (Å²) < 4.78 is 4.98. The van der Waals surface area contributed by atoms with Gasteiger partial charge >= 0.3 is 0 Å². The molecule has 6 nitrogen and oxygen atoms in total. The van der Waals surface area contributed by atoms with E-state index >= 15 is 0 Å². The molecule has 0 amide bonds. The SMILES string of the molecule is CCOC[C@H](O)Nc1ncncn1. The first-order valence-corrected chi connectivity index (χ1v) is 3.97. The Balaban J connectivity index is 2.32. The number of ether oxygens (including phenoxy) is 1. The molecule has 0 unspecified atom stereocenters. The third kappa shape index (κ3) is 3.77. The fraction of sp³-hybridized carbons (Fsp3) is 0.571. The third-order valence-electron chi connectivity index (χ3n) is 1.27. The van der Waals surface area contributed by atoms with E-state index in [4.69, 9.17) is 4.74 Å². The standard InChI is InChI=1S/C7H12N4O2/c1-2-13-3-6(12)11-7-9-4-8-5-10-7/h4-6,12H,2-3H2,1H3,(H,8,9,10,11)/t6-/m0/s1. The molecule has 0 fully saturated rings. The van der Waals surface area contributed by atoms with Gasteiger partial charge in [0.1, 0.15) is 18.9 Å². The summed E-state index contributed by atoms with van der Waals surface area (Å²) in [6.07, 6.45) is 1.91. The van der Waals surface area contributed by atoms with Crippen LogP contribution >= 0.6 is 0 Å². The minimum atomic E-state index is -0.789. The van der Waals surface area contributed by atoms with E-state index in [2.05, 4.69) is 20.3 Å². The van der Waals surface area contributed by atoms with Crippen LogP contribution in [0.4, 0.5) is 5.95 Å². The van der Waals surface area contributed by atoms with E-state index in [1.54, 1.807) is 0 Å². The van der Waals surface area contributed by atoms with Crippen molar-refractivity contribution in [3.63, 3.8) is 0 Å². The van der Waals surface area contributed by atoms with Gasteiger partial charge in [0.2, 0.25) is 5.95 Å². The second-order valence-corrected chi connectivity index (χ2v) is 2.28. The van der Waals surface area contributed by atoms with Gasteiger partial charge in [-0.3, -0.25) is 0 Å². The maximum atomic E-state index is 9.30. The van der Waals surface area contributed by atoms with Gasteiger partial charge in [-0.25, -0.2) is 15.0 Å². The molecule has 1 aromatic heterocycles. The predicted octanol–water partition coefficient (Wildman–Crippen LogP) is -0.362. The minimum absolute atomic E-state index is 0.210. The highest BCUT2D eigenvalue weighted by molar-refractivity contribution is 5.21. The second kappa shape index (κ2) is 5.39. The Bertz CT molecular complexity index is 231. The molecule has 1 aromatic rings. The Morgan fingerprint density at radius 2 is 2.23 bits per heavy atom. The van der Waals surface area contributed by atoms with E-state index in [1.165, 1.54) is 12.7 Å².